The number of amides is 1. The number of rotatable bonds is 5. The summed E-state index contributed by atoms with van der Waals surface area (Å²) >= 11 is 0. The lowest BCUT2D eigenvalue weighted by Gasteiger charge is -2.29. The van der Waals surface area contributed by atoms with E-state index in [0.29, 0.717) is 10.9 Å². The molecule has 1 fully saturated rings. The first-order valence-corrected chi connectivity index (χ1v) is 9.92. The Bertz CT molecular complexity index is 1070. The normalized spacial score (nSPS) is 19.1. The number of nitrogens with one attached hydrogen (secondary N) is 1. The molecule has 0 radical (unpaired) electrons. The summed E-state index contributed by atoms with van der Waals surface area (Å²) in [5.41, 5.74) is 1.32. The lowest BCUT2D eigenvalue weighted by Crippen LogP contribution is -2.42. The largest absolute Gasteiger partial charge is 0.489 e. The molecule has 4 rings (SSSR count). The molecular weight excluding hydrogens is 368 g/mol. The highest BCUT2D eigenvalue weighted by Crippen LogP contribution is 2.25. The van der Waals surface area contributed by atoms with Gasteiger partial charge in [0.1, 0.15) is 12.3 Å². The number of benzene rings is 1. The Balaban J connectivity index is 1.31. The van der Waals surface area contributed by atoms with Crippen molar-refractivity contribution in [3.63, 3.8) is 0 Å². The number of fused-ring (bicyclic) bond motifs is 1. The van der Waals surface area contributed by atoms with Crippen molar-refractivity contribution in [2.45, 2.75) is 51.3 Å². The summed E-state index contributed by atoms with van der Waals surface area (Å²) < 4.78 is 7.42. The summed E-state index contributed by atoms with van der Waals surface area (Å²) in [6.45, 7) is 1.91. The number of para-hydroxylation sites is 1. The maximum Gasteiger partial charge on any atom is 0.261 e. The molecule has 0 spiro atoms. The second kappa shape index (κ2) is 8.43. The molecule has 1 aliphatic rings. The minimum atomic E-state index is -0.199. The van der Waals surface area contributed by atoms with Gasteiger partial charge in [0.2, 0.25) is 5.91 Å². The molecule has 2 aromatic heterocycles. The van der Waals surface area contributed by atoms with Crippen molar-refractivity contribution in [2.75, 3.05) is 0 Å². The van der Waals surface area contributed by atoms with Gasteiger partial charge in [-0.15, -0.1) is 0 Å². The molecule has 7 nitrogen and oxygen atoms in total. The van der Waals surface area contributed by atoms with E-state index in [9.17, 15) is 9.59 Å². The van der Waals surface area contributed by atoms with Crippen LogP contribution >= 0.6 is 0 Å². The van der Waals surface area contributed by atoms with E-state index in [1.165, 1.54) is 10.9 Å². The Hall–Kier alpha value is -3.22. The van der Waals surface area contributed by atoms with Crippen LogP contribution in [0.2, 0.25) is 0 Å². The molecule has 3 aromatic rings. The molecule has 2 heterocycles. The number of hydrogen-bond donors (Lipinski definition) is 1. The van der Waals surface area contributed by atoms with Crippen molar-refractivity contribution < 1.29 is 9.53 Å². The van der Waals surface area contributed by atoms with E-state index in [1.807, 2.05) is 25.1 Å². The average molecular weight is 392 g/mol. The van der Waals surface area contributed by atoms with Crippen molar-refractivity contribution in [3.8, 4) is 5.75 Å². The van der Waals surface area contributed by atoms with Crippen LogP contribution in [0.1, 0.15) is 31.4 Å². The highest BCUT2D eigenvalue weighted by atomic mass is 16.5. The Morgan fingerprint density at radius 2 is 1.93 bits per heavy atom. The van der Waals surface area contributed by atoms with Crippen LogP contribution in [0.5, 0.6) is 5.75 Å². The fourth-order valence-corrected chi connectivity index (χ4v) is 3.75. The summed E-state index contributed by atoms with van der Waals surface area (Å²) in [6, 6.07) is 11.1. The third-order valence-electron chi connectivity index (χ3n) is 5.34. The molecular formula is C22H24N4O3. The van der Waals surface area contributed by atoms with Gasteiger partial charge in [-0.3, -0.25) is 19.1 Å². The Morgan fingerprint density at radius 1 is 1.14 bits per heavy atom. The highest BCUT2D eigenvalue weighted by Gasteiger charge is 2.24. The number of carbonyl (C=O) groups is 1. The van der Waals surface area contributed by atoms with Gasteiger partial charge in [-0.25, -0.2) is 4.98 Å². The predicted octanol–water partition coefficient (Wildman–Crippen LogP) is 2.61. The quantitative estimate of drug-likeness (QED) is 0.721. The molecule has 0 aliphatic heterocycles. The topological polar surface area (TPSA) is 86.1 Å². The molecule has 150 valence electrons. The van der Waals surface area contributed by atoms with Crippen LogP contribution in [0, 0.1) is 6.92 Å². The lowest BCUT2D eigenvalue weighted by molar-refractivity contribution is -0.122. The molecule has 1 N–H and O–H groups in total. The van der Waals surface area contributed by atoms with Crippen LogP contribution in [-0.2, 0) is 11.3 Å². The van der Waals surface area contributed by atoms with E-state index in [4.69, 9.17) is 4.74 Å². The van der Waals surface area contributed by atoms with Crippen molar-refractivity contribution in [1.82, 2.24) is 19.9 Å². The van der Waals surface area contributed by atoms with Crippen molar-refractivity contribution in [3.05, 3.63) is 65.0 Å². The summed E-state index contributed by atoms with van der Waals surface area (Å²) in [7, 11) is 0. The van der Waals surface area contributed by atoms with Crippen LogP contribution in [-0.4, -0.2) is 32.6 Å². The average Bonchev–Trinajstić information content (AvgIpc) is 2.73. The predicted molar refractivity (Wildman–Crippen MR) is 110 cm³/mol. The number of aromatic nitrogens is 3. The van der Waals surface area contributed by atoms with Gasteiger partial charge in [0.05, 0.1) is 29.0 Å². The fourth-order valence-electron chi connectivity index (χ4n) is 3.75. The van der Waals surface area contributed by atoms with Crippen LogP contribution in [0.4, 0.5) is 0 Å². The molecule has 0 saturated heterocycles. The minimum absolute atomic E-state index is 0.0258. The SMILES string of the molecule is Cc1ncccc1OC1CCC(NC(=O)Cn2cnc3ccccc3c2=O)CC1. The Kier molecular flexibility index (Phi) is 5.55. The first-order valence-electron chi connectivity index (χ1n) is 9.92. The van der Waals surface area contributed by atoms with Gasteiger partial charge in [-0.2, -0.15) is 0 Å². The maximum atomic E-state index is 12.5. The zero-order chi connectivity index (χ0) is 20.2. The fraction of sp³-hybridized carbons (Fsp3) is 0.364. The second-order valence-corrected chi connectivity index (χ2v) is 7.44. The number of nitrogens with zero attached hydrogens (tertiary/aromatic N) is 3. The first kappa shape index (κ1) is 19.1. The minimum Gasteiger partial charge on any atom is -0.489 e. The molecule has 1 saturated carbocycles. The molecule has 0 bridgehead atoms. The van der Waals surface area contributed by atoms with Gasteiger partial charge in [0.25, 0.3) is 5.56 Å². The molecule has 1 aromatic carbocycles. The Morgan fingerprint density at radius 3 is 2.72 bits per heavy atom. The highest BCUT2D eigenvalue weighted by molar-refractivity contribution is 5.79. The number of aryl methyl sites for hydroxylation is 1. The van der Waals surface area contributed by atoms with Gasteiger partial charge >= 0.3 is 0 Å². The van der Waals surface area contributed by atoms with Gasteiger partial charge in [0.15, 0.2) is 0 Å². The standard InChI is InChI=1S/C22H24N4O3/c1-15-20(7-4-12-23-15)29-17-10-8-16(9-11-17)25-21(27)13-26-14-24-19-6-3-2-5-18(19)22(26)28/h2-7,12,14,16-17H,8-11,13H2,1H3,(H,25,27). The third kappa shape index (κ3) is 4.45. The van der Waals surface area contributed by atoms with Gasteiger partial charge < -0.3 is 10.1 Å². The zero-order valence-electron chi connectivity index (χ0n) is 16.4. The number of ether oxygens (including phenoxy) is 1. The van der Waals surface area contributed by atoms with Crippen LogP contribution < -0.4 is 15.6 Å². The van der Waals surface area contributed by atoms with Crippen LogP contribution in [0.15, 0.2) is 53.7 Å². The molecule has 0 atom stereocenters. The van der Waals surface area contributed by atoms with Gasteiger partial charge in [0, 0.05) is 12.2 Å². The zero-order valence-corrected chi connectivity index (χ0v) is 16.4. The molecule has 1 aliphatic carbocycles. The van der Waals surface area contributed by atoms with Gasteiger partial charge in [-0.1, -0.05) is 12.1 Å². The maximum absolute atomic E-state index is 12.5. The monoisotopic (exact) mass is 392 g/mol. The Labute approximate surface area is 168 Å². The molecule has 29 heavy (non-hydrogen) atoms. The summed E-state index contributed by atoms with van der Waals surface area (Å²) in [6.07, 6.45) is 6.77. The van der Waals surface area contributed by atoms with E-state index < -0.39 is 0 Å². The number of hydrogen-bond acceptors (Lipinski definition) is 5. The lowest BCUT2D eigenvalue weighted by atomic mass is 9.93. The third-order valence-corrected chi connectivity index (χ3v) is 5.34. The molecule has 7 heteroatoms. The van der Waals surface area contributed by atoms with Crippen molar-refractivity contribution in [1.29, 1.82) is 0 Å². The summed E-state index contributed by atoms with van der Waals surface area (Å²) in [5, 5.41) is 3.56. The molecule has 1 amide bonds. The van der Waals surface area contributed by atoms with Gasteiger partial charge in [-0.05, 0) is 56.9 Å². The summed E-state index contributed by atoms with van der Waals surface area (Å²) in [5.74, 6) is 0.653. The summed E-state index contributed by atoms with van der Waals surface area (Å²) in [4.78, 5) is 33.5. The van der Waals surface area contributed by atoms with E-state index >= 15 is 0 Å². The van der Waals surface area contributed by atoms with Crippen LogP contribution in [0.25, 0.3) is 10.9 Å². The van der Waals surface area contributed by atoms with Crippen LogP contribution in [0.3, 0.4) is 0 Å². The smallest absolute Gasteiger partial charge is 0.261 e. The van der Waals surface area contributed by atoms with E-state index in [2.05, 4.69) is 15.3 Å². The number of pyridine rings is 1. The number of carbonyl (C=O) groups excluding carboxylic acids is 1. The second-order valence-electron chi connectivity index (χ2n) is 7.44. The van der Waals surface area contributed by atoms with E-state index in [-0.39, 0.29) is 30.2 Å². The van der Waals surface area contributed by atoms with E-state index in [1.54, 1.807) is 24.4 Å². The van der Waals surface area contributed by atoms with E-state index in [0.717, 1.165) is 37.1 Å². The molecule has 0 unspecified atom stereocenters. The van der Waals surface area contributed by atoms with Crippen molar-refractivity contribution >= 4 is 16.8 Å². The first-order chi connectivity index (χ1) is 14.1. The van der Waals surface area contributed by atoms with Crippen molar-refractivity contribution in [2.24, 2.45) is 0 Å².